The van der Waals surface area contributed by atoms with Gasteiger partial charge in [-0.2, -0.15) is 4.98 Å². The summed E-state index contributed by atoms with van der Waals surface area (Å²) in [5.74, 6) is 1.13. The molecule has 2 heterocycles. The van der Waals surface area contributed by atoms with Gasteiger partial charge in [0.15, 0.2) is 0 Å². The van der Waals surface area contributed by atoms with Gasteiger partial charge in [0.05, 0.1) is 20.1 Å². The van der Waals surface area contributed by atoms with Crippen molar-refractivity contribution in [3.05, 3.63) is 24.3 Å². The van der Waals surface area contributed by atoms with Gasteiger partial charge in [-0.05, 0) is 37.1 Å². The Kier molecular flexibility index (Phi) is 4.45. The van der Waals surface area contributed by atoms with E-state index in [0.29, 0.717) is 24.9 Å². The molecular formula is C16H19N3O4. The highest BCUT2D eigenvalue weighted by atomic mass is 16.5. The van der Waals surface area contributed by atoms with Crippen LogP contribution in [0.1, 0.15) is 12.8 Å². The van der Waals surface area contributed by atoms with Crippen LogP contribution in [-0.2, 0) is 9.53 Å². The minimum Gasteiger partial charge on any atom is -0.497 e. The Morgan fingerprint density at radius 2 is 1.91 bits per heavy atom. The van der Waals surface area contributed by atoms with Crippen LogP contribution in [0.3, 0.4) is 0 Å². The van der Waals surface area contributed by atoms with Crippen molar-refractivity contribution in [3.8, 4) is 17.1 Å². The first-order valence-electron chi connectivity index (χ1n) is 7.52. The van der Waals surface area contributed by atoms with Gasteiger partial charge in [0.2, 0.25) is 5.82 Å². The molecule has 7 nitrogen and oxygen atoms in total. The topological polar surface area (TPSA) is 77.7 Å². The summed E-state index contributed by atoms with van der Waals surface area (Å²) in [5, 5.41) is 4.03. The standard InChI is InChI=1S/C16H19N3O4/c1-21-13-5-3-11(4-6-13)14-17-16(23-18-14)19-9-7-12(8-10-19)15(20)22-2/h3-6,12H,7-10H2,1-2H3. The van der Waals surface area contributed by atoms with Crippen LogP contribution in [0.15, 0.2) is 28.8 Å². The third-order valence-electron chi connectivity index (χ3n) is 4.06. The predicted octanol–water partition coefficient (Wildman–Crippen LogP) is 2.13. The molecule has 1 aromatic carbocycles. The van der Waals surface area contributed by atoms with Crippen LogP contribution >= 0.6 is 0 Å². The van der Waals surface area contributed by atoms with E-state index in [1.165, 1.54) is 7.11 Å². The summed E-state index contributed by atoms with van der Waals surface area (Å²) in [6.07, 6.45) is 1.46. The molecule has 2 aromatic rings. The molecule has 0 unspecified atom stereocenters. The zero-order chi connectivity index (χ0) is 16.2. The lowest BCUT2D eigenvalue weighted by Gasteiger charge is -2.28. The third kappa shape index (κ3) is 3.28. The summed E-state index contributed by atoms with van der Waals surface area (Å²) in [7, 11) is 3.05. The van der Waals surface area contributed by atoms with Gasteiger partial charge in [-0.15, -0.1) is 0 Å². The third-order valence-corrected chi connectivity index (χ3v) is 4.06. The lowest BCUT2D eigenvalue weighted by Crippen LogP contribution is -2.36. The predicted molar refractivity (Wildman–Crippen MR) is 83.2 cm³/mol. The van der Waals surface area contributed by atoms with Gasteiger partial charge < -0.3 is 18.9 Å². The zero-order valence-corrected chi connectivity index (χ0v) is 13.2. The monoisotopic (exact) mass is 317 g/mol. The van der Waals surface area contributed by atoms with Gasteiger partial charge in [0.1, 0.15) is 5.75 Å². The van der Waals surface area contributed by atoms with E-state index < -0.39 is 0 Å². The Labute approximate surface area is 134 Å². The van der Waals surface area contributed by atoms with E-state index in [1.807, 2.05) is 29.2 Å². The van der Waals surface area contributed by atoms with Crippen molar-refractivity contribution in [2.45, 2.75) is 12.8 Å². The number of rotatable bonds is 4. The Morgan fingerprint density at radius 1 is 1.22 bits per heavy atom. The maximum absolute atomic E-state index is 11.5. The van der Waals surface area contributed by atoms with Gasteiger partial charge in [0, 0.05) is 18.7 Å². The number of ether oxygens (including phenoxy) is 2. The molecule has 0 radical (unpaired) electrons. The molecule has 1 fully saturated rings. The fourth-order valence-electron chi connectivity index (χ4n) is 2.67. The Balaban J connectivity index is 1.66. The van der Waals surface area contributed by atoms with Gasteiger partial charge in [-0.3, -0.25) is 4.79 Å². The molecule has 23 heavy (non-hydrogen) atoms. The number of anilines is 1. The van der Waals surface area contributed by atoms with Gasteiger partial charge >= 0.3 is 12.0 Å². The average molecular weight is 317 g/mol. The van der Waals surface area contributed by atoms with Crippen LogP contribution in [0.25, 0.3) is 11.4 Å². The molecule has 1 aromatic heterocycles. The molecule has 0 N–H and O–H groups in total. The summed E-state index contributed by atoms with van der Waals surface area (Å²) >= 11 is 0. The highest BCUT2D eigenvalue weighted by molar-refractivity contribution is 5.72. The van der Waals surface area contributed by atoms with Crippen LogP contribution in [0, 0.1) is 5.92 Å². The maximum atomic E-state index is 11.5. The molecule has 1 saturated heterocycles. The van der Waals surface area contributed by atoms with Crippen molar-refractivity contribution in [1.29, 1.82) is 0 Å². The molecule has 1 aliphatic rings. The number of carbonyl (C=O) groups is 1. The largest absolute Gasteiger partial charge is 0.497 e. The molecular weight excluding hydrogens is 298 g/mol. The number of esters is 1. The summed E-state index contributed by atoms with van der Waals surface area (Å²) in [4.78, 5) is 18.0. The zero-order valence-electron chi connectivity index (χ0n) is 13.2. The number of carbonyl (C=O) groups excluding carboxylic acids is 1. The highest BCUT2D eigenvalue weighted by Crippen LogP contribution is 2.26. The fraction of sp³-hybridized carbons (Fsp3) is 0.438. The lowest BCUT2D eigenvalue weighted by molar-refractivity contribution is -0.146. The molecule has 0 amide bonds. The van der Waals surface area contributed by atoms with Crippen molar-refractivity contribution >= 4 is 12.0 Å². The first-order chi connectivity index (χ1) is 11.2. The Morgan fingerprint density at radius 3 is 2.52 bits per heavy atom. The van der Waals surface area contributed by atoms with Crippen molar-refractivity contribution in [1.82, 2.24) is 10.1 Å². The average Bonchev–Trinajstić information content (AvgIpc) is 3.11. The summed E-state index contributed by atoms with van der Waals surface area (Å²) < 4.78 is 15.3. The van der Waals surface area contributed by atoms with Gasteiger partial charge in [0.25, 0.3) is 0 Å². The molecule has 1 aliphatic heterocycles. The minimum absolute atomic E-state index is 0.0415. The first-order valence-corrected chi connectivity index (χ1v) is 7.52. The van der Waals surface area contributed by atoms with Crippen LogP contribution in [-0.4, -0.2) is 43.4 Å². The summed E-state index contributed by atoms with van der Waals surface area (Å²) in [5.41, 5.74) is 0.866. The minimum atomic E-state index is -0.144. The van der Waals surface area contributed by atoms with Crippen LogP contribution in [0.5, 0.6) is 5.75 Å². The van der Waals surface area contributed by atoms with Gasteiger partial charge in [-0.1, -0.05) is 5.16 Å². The van der Waals surface area contributed by atoms with Crippen molar-refractivity contribution < 1.29 is 18.8 Å². The smallest absolute Gasteiger partial charge is 0.324 e. The van der Waals surface area contributed by atoms with E-state index in [9.17, 15) is 4.79 Å². The highest BCUT2D eigenvalue weighted by Gasteiger charge is 2.28. The van der Waals surface area contributed by atoms with Crippen LogP contribution in [0.4, 0.5) is 6.01 Å². The number of piperidine rings is 1. The lowest BCUT2D eigenvalue weighted by atomic mass is 9.97. The van der Waals surface area contributed by atoms with Crippen molar-refractivity contribution in [2.24, 2.45) is 5.92 Å². The second-order valence-electron chi connectivity index (χ2n) is 5.41. The maximum Gasteiger partial charge on any atom is 0.324 e. The number of nitrogens with zero attached hydrogens (tertiary/aromatic N) is 3. The summed E-state index contributed by atoms with van der Waals surface area (Å²) in [6.45, 7) is 1.40. The fourth-order valence-corrected chi connectivity index (χ4v) is 2.67. The number of hydrogen-bond donors (Lipinski definition) is 0. The van der Waals surface area contributed by atoms with E-state index >= 15 is 0 Å². The second kappa shape index (κ2) is 6.68. The molecule has 122 valence electrons. The van der Waals surface area contributed by atoms with Gasteiger partial charge in [-0.25, -0.2) is 0 Å². The summed E-state index contributed by atoms with van der Waals surface area (Å²) in [6, 6.07) is 7.97. The van der Waals surface area contributed by atoms with E-state index in [0.717, 1.165) is 24.2 Å². The van der Waals surface area contributed by atoms with Crippen LogP contribution < -0.4 is 9.64 Å². The molecule has 0 spiro atoms. The first kappa shape index (κ1) is 15.3. The number of benzene rings is 1. The second-order valence-corrected chi connectivity index (χ2v) is 5.41. The van der Waals surface area contributed by atoms with E-state index in [1.54, 1.807) is 7.11 Å². The van der Waals surface area contributed by atoms with E-state index in [4.69, 9.17) is 14.0 Å². The molecule has 0 saturated carbocycles. The van der Waals surface area contributed by atoms with Crippen molar-refractivity contribution in [3.63, 3.8) is 0 Å². The van der Waals surface area contributed by atoms with E-state index in [2.05, 4.69) is 10.1 Å². The molecule has 3 rings (SSSR count). The normalized spacial score (nSPS) is 15.5. The van der Waals surface area contributed by atoms with Crippen LogP contribution in [0.2, 0.25) is 0 Å². The number of aromatic nitrogens is 2. The SMILES string of the molecule is COC(=O)C1CCN(c2nc(-c3ccc(OC)cc3)no2)CC1. The number of hydrogen-bond acceptors (Lipinski definition) is 7. The Hall–Kier alpha value is -2.57. The molecule has 0 bridgehead atoms. The van der Waals surface area contributed by atoms with Crippen molar-refractivity contribution in [2.75, 3.05) is 32.2 Å². The Bertz CT molecular complexity index is 660. The van der Waals surface area contributed by atoms with E-state index in [-0.39, 0.29) is 11.9 Å². The molecule has 7 heteroatoms. The molecule has 0 aliphatic carbocycles. The number of methoxy groups -OCH3 is 2. The quantitative estimate of drug-likeness (QED) is 0.799. The molecule has 0 atom stereocenters.